The molecule has 0 saturated carbocycles. The third-order valence-corrected chi connectivity index (χ3v) is 8.08. The molecule has 2 unspecified atom stereocenters. The number of aliphatic imine (C=N–C) groups is 1. The molecule has 216 valence electrons. The summed E-state index contributed by atoms with van der Waals surface area (Å²) >= 11 is 12.6. The van der Waals surface area contributed by atoms with Crippen LogP contribution in [-0.2, 0) is 0 Å². The van der Waals surface area contributed by atoms with Crippen molar-refractivity contribution < 1.29 is 14.3 Å². The van der Waals surface area contributed by atoms with Gasteiger partial charge in [0.15, 0.2) is 0 Å². The van der Waals surface area contributed by atoms with Crippen molar-refractivity contribution in [1.29, 1.82) is 0 Å². The predicted molar refractivity (Wildman–Crippen MR) is 165 cm³/mol. The minimum absolute atomic E-state index is 0.0813. The van der Waals surface area contributed by atoms with Gasteiger partial charge in [0.05, 0.1) is 24.8 Å². The summed E-state index contributed by atoms with van der Waals surface area (Å²) in [4.78, 5) is 26.0. The maximum atomic E-state index is 14.6. The Balaban J connectivity index is 1.67. The molecule has 0 aromatic heterocycles. The van der Waals surface area contributed by atoms with Crippen LogP contribution in [0, 0.1) is 0 Å². The third kappa shape index (κ3) is 6.32. The van der Waals surface area contributed by atoms with Crippen molar-refractivity contribution in [2.45, 2.75) is 39.0 Å². The van der Waals surface area contributed by atoms with E-state index >= 15 is 0 Å². The van der Waals surface area contributed by atoms with Gasteiger partial charge in [-0.1, -0.05) is 54.4 Å². The molecule has 0 radical (unpaired) electrons. The molecule has 2 aliphatic rings. The van der Waals surface area contributed by atoms with E-state index in [2.05, 4.69) is 11.8 Å². The van der Waals surface area contributed by atoms with Gasteiger partial charge in [-0.05, 0) is 67.9 Å². The van der Waals surface area contributed by atoms with Crippen LogP contribution in [0.15, 0.2) is 71.7 Å². The van der Waals surface area contributed by atoms with E-state index in [1.165, 1.54) is 0 Å². The maximum Gasteiger partial charge on any atom is 0.326 e. The summed E-state index contributed by atoms with van der Waals surface area (Å²) in [6.07, 6.45) is -0.0896. The Hall–Kier alpha value is -3.26. The van der Waals surface area contributed by atoms with E-state index in [-0.39, 0.29) is 18.2 Å². The number of amides is 2. The van der Waals surface area contributed by atoms with Crippen LogP contribution < -0.4 is 9.47 Å². The van der Waals surface area contributed by atoms with Crippen LogP contribution >= 0.6 is 23.2 Å². The van der Waals surface area contributed by atoms with E-state index < -0.39 is 6.04 Å². The van der Waals surface area contributed by atoms with Crippen LogP contribution in [-0.4, -0.2) is 72.5 Å². The molecular formula is C32H36Cl2N4O3. The van der Waals surface area contributed by atoms with E-state index in [0.29, 0.717) is 40.5 Å². The van der Waals surface area contributed by atoms with Gasteiger partial charge in [0.25, 0.3) is 0 Å². The molecule has 9 heteroatoms. The summed E-state index contributed by atoms with van der Waals surface area (Å²) in [6, 6.07) is 20.1. The summed E-state index contributed by atoms with van der Waals surface area (Å²) in [5.74, 6) is 1.84. The Kier molecular flexibility index (Phi) is 9.07. The van der Waals surface area contributed by atoms with Gasteiger partial charge in [0, 0.05) is 42.3 Å². The number of ether oxygens (including phenoxy) is 2. The average molecular weight is 596 g/mol. The number of hydrogen-bond donors (Lipinski definition) is 0. The van der Waals surface area contributed by atoms with Crippen LogP contribution in [0.5, 0.6) is 11.5 Å². The van der Waals surface area contributed by atoms with Crippen molar-refractivity contribution in [3.05, 3.63) is 93.5 Å². The average Bonchev–Trinajstić information content (AvgIpc) is 3.37. The SMILES string of the molecule is CCN1CCN(C(=O)N2C(c3ccc(OC)cc3OC(C)C)=NC(c3ccc(Cl)cc3)C2c2ccc(Cl)cc2)CC1. The van der Waals surface area contributed by atoms with E-state index in [1.54, 1.807) is 7.11 Å². The highest BCUT2D eigenvalue weighted by Gasteiger charge is 2.45. The molecular weight excluding hydrogens is 559 g/mol. The lowest BCUT2D eigenvalue weighted by molar-refractivity contribution is 0.122. The molecule has 41 heavy (non-hydrogen) atoms. The number of hydrogen-bond acceptors (Lipinski definition) is 5. The molecule has 0 bridgehead atoms. The monoisotopic (exact) mass is 594 g/mol. The van der Waals surface area contributed by atoms with Crippen LogP contribution in [0.2, 0.25) is 10.0 Å². The highest BCUT2D eigenvalue weighted by atomic mass is 35.5. The highest BCUT2D eigenvalue weighted by Crippen LogP contribution is 2.46. The van der Waals surface area contributed by atoms with E-state index in [0.717, 1.165) is 36.3 Å². The molecule has 2 aliphatic heterocycles. The summed E-state index contributed by atoms with van der Waals surface area (Å²) < 4.78 is 11.8. The molecule has 0 spiro atoms. The van der Waals surface area contributed by atoms with Crippen molar-refractivity contribution >= 4 is 35.1 Å². The number of urea groups is 1. The van der Waals surface area contributed by atoms with Gasteiger partial charge in [-0.15, -0.1) is 0 Å². The molecule has 1 fully saturated rings. The Bertz CT molecular complexity index is 1390. The first-order valence-electron chi connectivity index (χ1n) is 14.0. The lowest BCUT2D eigenvalue weighted by Crippen LogP contribution is -2.54. The molecule has 5 rings (SSSR count). The second-order valence-corrected chi connectivity index (χ2v) is 11.4. The number of piperazine rings is 1. The molecule has 7 nitrogen and oxygen atoms in total. The molecule has 0 aliphatic carbocycles. The fraction of sp³-hybridized carbons (Fsp3) is 0.375. The smallest absolute Gasteiger partial charge is 0.326 e. The Morgan fingerprint density at radius 3 is 2.10 bits per heavy atom. The van der Waals surface area contributed by atoms with Gasteiger partial charge in [0.2, 0.25) is 0 Å². The highest BCUT2D eigenvalue weighted by molar-refractivity contribution is 6.30. The van der Waals surface area contributed by atoms with Gasteiger partial charge in [0.1, 0.15) is 23.4 Å². The first-order chi connectivity index (χ1) is 19.8. The van der Waals surface area contributed by atoms with Crippen molar-refractivity contribution in [2.75, 3.05) is 39.8 Å². The fourth-order valence-corrected chi connectivity index (χ4v) is 5.68. The lowest BCUT2D eigenvalue weighted by atomic mass is 9.93. The Morgan fingerprint density at radius 1 is 0.927 bits per heavy atom. The number of amidine groups is 1. The number of halogens is 2. The molecule has 0 N–H and O–H groups in total. The van der Waals surface area contributed by atoms with Gasteiger partial charge >= 0.3 is 6.03 Å². The predicted octanol–water partition coefficient (Wildman–Crippen LogP) is 7.09. The second-order valence-electron chi connectivity index (χ2n) is 10.5. The Labute approximate surface area is 252 Å². The fourth-order valence-electron chi connectivity index (χ4n) is 5.43. The first-order valence-corrected chi connectivity index (χ1v) is 14.8. The van der Waals surface area contributed by atoms with Crippen LogP contribution in [0.3, 0.4) is 0 Å². The van der Waals surface area contributed by atoms with Crippen molar-refractivity contribution in [2.24, 2.45) is 4.99 Å². The van der Waals surface area contributed by atoms with Gasteiger partial charge in [-0.25, -0.2) is 4.79 Å². The number of carbonyl (C=O) groups excluding carboxylic acids is 1. The number of benzene rings is 3. The summed E-state index contributed by atoms with van der Waals surface area (Å²) in [6.45, 7) is 10.0. The second kappa shape index (κ2) is 12.7. The van der Waals surface area contributed by atoms with Gasteiger partial charge < -0.3 is 19.3 Å². The molecule has 3 aromatic carbocycles. The molecule has 2 heterocycles. The van der Waals surface area contributed by atoms with E-state index in [9.17, 15) is 4.79 Å². The lowest BCUT2D eigenvalue weighted by Gasteiger charge is -2.39. The van der Waals surface area contributed by atoms with Gasteiger partial charge in [-0.2, -0.15) is 0 Å². The van der Waals surface area contributed by atoms with Crippen LogP contribution in [0.25, 0.3) is 0 Å². The zero-order valence-electron chi connectivity index (χ0n) is 23.9. The minimum Gasteiger partial charge on any atom is -0.497 e. The molecule has 2 atom stereocenters. The number of likely N-dealkylation sites (N-methyl/N-ethyl adjacent to an activating group) is 1. The Morgan fingerprint density at radius 2 is 1.54 bits per heavy atom. The third-order valence-electron chi connectivity index (χ3n) is 7.58. The maximum absolute atomic E-state index is 14.6. The normalized spacial score (nSPS) is 19.4. The largest absolute Gasteiger partial charge is 0.497 e. The quantitative estimate of drug-likeness (QED) is 0.293. The van der Waals surface area contributed by atoms with Crippen molar-refractivity contribution in [3.63, 3.8) is 0 Å². The topological polar surface area (TPSA) is 57.6 Å². The summed E-state index contributed by atoms with van der Waals surface area (Å²) in [5.41, 5.74) is 2.63. The number of nitrogens with zero attached hydrogens (tertiary/aromatic N) is 4. The number of methoxy groups -OCH3 is 1. The molecule has 3 aromatic rings. The standard InChI is InChI=1S/C32H36Cl2N4O3/c1-5-36-16-18-37(19-17-36)32(39)38-30(23-8-12-25(34)13-9-23)29(22-6-10-24(33)11-7-22)35-31(38)27-15-14-26(40-4)20-28(27)41-21(2)3/h6-15,20-21,29-30H,5,16-19H2,1-4H3. The summed E-state index contributed by atoms with van der Waals surface area (Å²) in [5, 5.41) is 1.27. The summed E-state index contributed by atoms with van der Waals surface area (Å²) in [7, 11) is 1.63. The van der Waals surface area contributed by atoms with Crippen molar-refractivity contribution in [1.82, 2.24) is 14.7 Å². The van der Waals surface area contributed by atoms with E-state index in [4.69, 9.17) is 37.7 Å². The zero-order chi connectivity index (χ0) is 29.1. The van der Waals surface area contributed by atoms with Crippen LogP contribution in [0.1, 0.15) is 49.5 Å². The number of carbonyl (C=O) groups is 1. The molecule has 1 saturated heterocycles. The van der Waals surface area contributed by atoms with Crippen molar-refractivity contribution in [3.8, 4) is 11.5 Å². The van der Waals surface area contributed by atoms with E-state index in [1.807, 2.05) is 90.4 Å². The number of rotatable bonds is 7. The van der Waals surface area contributed by atoms with Gasteiger partial charge in [-0.3, -0.25) is 9.89 Å². The first kappa shape index (κ1) is 29.2. The zero-order valence-corrected chi connectivity index (χ0v) is 25.4. The molecule has 2 amide bonds. The minimum atomic E-state index is -0.408. The van der Waals surface area contributed by atoms with Crippen LogP contribution in [0.4, 0.5) is 4.79 Å².